The summed E-state index contributed by atoms with van der Waals surface area (Å²) in [7, 11) is 3.87. The van der Waals surface area contributed by atoms with E-state index < -0.39 is 0 Å². The first-order valence-electron chi connectivity index (χ1n) is 10.6. The van der Waals surface area contributed by atoms with Gasteiger partial charge in [-0.15, -0.1) is 0 Å². The summed E-state index contributed by atoms with van der Waals surface area (Å²) in [6, 6.07) is 4.67. The van der Waals surface area contributed by atoms with E-state index in [1.165, 1.54) is 55.2 Å². The number of benzene rings is 1. The molecule has 1 aromatic rings. The number of methoxy groups -OCH3 is 1. The Hall–Kier alpha value is -1.71. The van der Waals surface area contributed by atoms with Gasteiger partial charge < -0.3 is 15.4 Å². The lowest BCUT2D eigenvalue weighted by atomic mass is 9.44. The number of guanidine groups is 1. The smallest absolute Gasteiger partial charge is 0.192 e. The van der Waals surface area contributed by atoms with E-state index in [9.17, 15) is 0 Å². The van der Waals surface area contributed by atoms with Crippen LogP contribution in [-0.2, 0) is 5.54 Å². The van der Waals surface area contributed by atoms with E-state index >= 15 is 0 Å². The lowest BCUT2D eigenvalue weighted by Gasteiger charge is -2.62. The number of nitrogens with zero attached hydrogens (tertiary/aromatic N) is 2. The number of ether oxygens (including phenoxy) is 1. The van der Waals surface area contributed by atoms with E-state index in [0.29, 0.717) is 5.96 Å². The van der Waals surface area contributed by atoms with Gasteiger partial charge in [-0.1, -0.05) is 0 Å². The fraction of sp³-hybridized carbons (Fsp3) is 0.696. The summed E-state index contributed by atoms with van der Waals surface area (Å²) in [4.78, 5) is 7.45. The summed E-state index contributed by atoms with van der Waals surface area (Å²) in [6.07, 6.45) is 8.33. The first-order chi connectivity index (χ1) is 12.9. The zero-order valence-corrected chi connectivity index (χ0v) is 17.2. The van der Waals surface area contributed by atoms with Crippen LogP contribution in [0, 0.1) is 37.0 Å². The zero-order chi connectivity index (χ0) is 19.0. The summed E-state index contributed by atoms with van der Waals surface area (Å²) < 4.78 is 5.65. The third-order valence-corrected chi connectivity index (χ3v) is 8.22. The van der Waals surface area contributed by atoms with Crippen LogP contribution in [0.4, 0.5) is 0 Å². The average molecular weight is 368 g/mol. The molecule has 2 N–H and O–H groups in total. The maximum absolute atomic E-state index is 6.39. The highest BCUT2D eigenvalue weighted by molar-refractivity contribution is 5.81. The summed E-state index contributed by atoms with van der Waals surface area (Å²) in [5.74, 6) is 4.40. The van der Waals surface area contributed by atoms with Crippen molar-refractivity contribution < 1.29 is 4.74 Å². The van der Waals surface area contributed by atoms with Gasteiger partial charge in [0.2, 0.25) is 0 Å². The third kappa shape index (κ3) is 2.31. The molecule has 1 unspecified atom stereocenters. The van der Waals surface area contributed by atoms with Crippen LogP contribution in [0.15, 0.2) is 17.1 Å². The van der Waals surface area contributed by atoms with Gasteiger partial charge in [0.1, 0.15) is 11.3 Å². The number of aliphatic imine (C=N–C) groups is 1. The molecule has 0 amide bonds. The molecule has 4 aliphatic carbocycles. The molecule has 1 heterocycles. The Balaban J connectivity index is 1.69. The topological polar surface area (TPSA) is 50.9 Å². The first kappa shape index (κ1) is 17.4. The number of hydrogen-bond acceptors (Lipinski definition) is 4. The molecule has 6 rings (SSSR count). The zero-order valence-electron chi connectivity index (χ0n) is 17.2. The molecule has 4 saturated carbocycles. The second kappa shape index (κ2) is 5.65. The molecule has 1 atom stereocenters. The lowest BCUT2D eigenvalue weighted by Crippen LogP contribution is -2.57. The SMILES string of the molecule is COc1c(C)cc(C2(C34CC5CC(CC(C5)C3)C4)CN(C)C(N)=N2)cc1C. The largest absolute Gasteiger partial charge is 0.496 e. The van der Waals surface area contributed by atoms with Crippen molar-refractivity contribution in [2.45, 2.75) is 57.9 Å². The van der Waals surface area contributed by atoms with Crippen molar-refractivity contribution in [2.24, 2.45) is 33.9 Å². The van der Waals surface area contributed by atoms with E-state index in [2.05, 4.69) is 37.9 Å². The van der Waals surface area contributed by atoms with Gasteiger partial charge in [-0.2, -0.15) is 0 Å². The maximum atomic E-state index is 6.39. The molecule has 27 heavy (non-hydrogen) atoms. The van der Waals surface area contributed by atoms with Crippen LogP contribution in [0.3, 0.4) is 0 Å². The minimum absolute atomic E-state index is 0.205. The van der Waals surface area contributed by atoms with Crippen LogP contribution in [0.25, 0.3) is 0 Å². The van der Waals surface area contributed by atoms with Gasteiger partial charge in [0, 0.05) is 12.5 Å². The molecular formula is C23H33N3O. The summed E-state index contributed by atoms with van der Waals surface area (Å²) in [5, 5.41) is 0. The van der Waals surface area contributed by atoms with Gasteiger partial charge in [-0.05, 0) is 98.9 Å². The predicted octanol–water partition coefficient (Wildman–Crippen LogP) is 3.98. The number of nitrogens with two attached hydrogens (primary N) is 1. The molecular weight excluding hydrogens is 334 g/mol. The van der Waals surface area contributed by atoms with Crippen molar-refractivity contribution in [3.63, 3.8) is 0 Å². The molecule has 4 heteroatoms. The van der Waals surface area contributed by atoms with E-state index in [1.807, 2.05) is 0 Å². The van der Waals surface area contributed by atoms with Crippen molar-refractivity contribution in [3.8, 4) is 5.75 Å². The van der Waals surface area contributed by atoms with Crippen LogP contribution < -0.4 is 10.5 Å². The van der Waals surface area contributed by atoms with Crippen LogP contribution in [-0.4, -0.2) is 31.6 Å². The van der Waals surface area contributed by atoms with Crippen molar-refractivity contribution in [1.29, 1.82) is 0 Å². The molecule has 5 aliphatic rings. The molecule has 0 spiro atoms. The minimum atomic E-state index is -0.205. The molecule has 1 aromatic carbocycles. The molecule has 1 aliphatic heterocycles. The normalized spacial score (nSPS) is 39.8. The van der Waals surface area contributed by atoms with Crippen LogP contribution in [0.1, 0.15) is 55.2 Å². The van der Waals surface area contributed by atoms with Gasteiger partial charge in [-0.25, -0.2) is 4.99 Å². The second-order valence-corrected chi connectivity index (χ2v) is 10.0. The second-order valence-electron chi connectivity index (χ2n) is 10.0. The number of hydrogen-bond donors (Lipinski definition) is 1. The molecule has 4 nitrogen and oxygen atoms in total. The van der Waals surface area contributed by atoms with Gasteiger partial charge in [0.15, 0.2) is 5.96 Å². The number of aryl methyl sites for hydroxylation is 2. The van der Waals surface area contributed by atoms with E-state index in [1.54, 1.807) is 7.11 Å². The summed E-state index contributed by atoms with van der Waals surface area (Å²) >= 11 is 0. The van der Waals surface area contributed by atoms with Crippen LogP contribution in [0.5, 0.6) is 5.75 Å². The molecule has 0 saturated heterocycles. The molecule has 0 radical (unpaired) electrons. The Morgan fingerprint density at radius 3 is 1.96 bits per heavy atom. The third-order valence-electron chi connectivity index (χ3n) is 8.22. The highest BCUT2D eigenvalue weighted by Gasteiger charge is 2.63. The molecule has 0 aromatic heterocycles. The van der Waals surface area contributed by atoms with Crippen molar-refractivity contribution >= 4 is 5.96 Å². The van der Waals surface area contributed by atoms with Crippen LogP contribution in [0.2, 0.25) is 0 Å². The average Bonchev–Trinajstić information content (AvgIpc) is 2.90. The Bertz CT molecular complexity index is 756. The van der Waals surface area contributed by atoms with Crippen LogP contribution >= 0.6 is 0 Å². The van der Waals surface area contributed by atoms with Crippen molar-refractivity contribution in [1.82, 2.24) is 4.90 Å². The standard InChI is InChI=1S/C23H33N3O/c1-14-5-19(6-15(2)20(14)27-4)23(13-26(3)21(24)25-23)22-10-16-7-17(11-22)9-18(8-16)12-22/h5-6,16-18H,7-13H2,1-4H3,(H2,24,25). The van der Waals surface area contributed by atoms with Gasteiger partial charge >= 0.3 is 0 Å². The van der Waals surface area contributed by atoms with E-state index in [0.717, 1.165) is 30.0 Å². The molecule has 4 bridgehead atoms. The Morgan fingerprint density at radius 1 is 1.04 bits per heavy atom. The Labute approximate surface area is 163 Å². The van der Waals surface area contributed by atoms with Gasteiger partial charge in [0.25, 0.3) is 0 Å². The fourth-order valence-electron chi connectivity index (χ4n) is 7.62. The molecule has 4 fully saturated rings. The highest BCUT2D eigenvalue weighted by Crippen LogP contribution is 2.67. The monoisotopic (exact) mass is 367 g/mol. The Morgan fingerprint density at radius 2 is 1.56 bits per heavy atom. The van der Waals surface area contributed by atoms with Crippen molar-refractivity contribution in [3.05, 3.63) is 28.8 Å². The number of rotatable bonds is 3. The van der Waals surface area contributed by atoms with Gasteiger partial charge in [0.05, 0.1) is 13.7 Å². The summed E-state index contributed by atoms with van der Waals surface area (Å²) in [5.41, 5.74) is 10.2. The maximum Gasteiger partial charge on any atom is 0.192 e. The first-order valence-corrected chi connectivity index (χ1v) is 10.6. The van der Waals surface area contributed by atoms with E-state index in [4.69, 9.17) is 15.5 Å². The summed E-state index contributed by atoms with van der Waals surface area (Å²) in [6.45, 7) is 5.24. The Kier molecular flexibility index (Phi) is 3.64. The minimum Gasteiger partial charge on any atom is -0.496 e. The number of likely N-dealkylation sites (N-methyl/N-ethyl adjacent to an activating group) is 1. The van der Waals surface area contributed by atoms with Crippen molar-refractivity contribution in [2.75, 3.05) is 20.7 Å². The highest BCUT2D eigenvalue weighted by atomic mass is 16.5. The van der Waals surface area contributed by atoms with Gasteiger partial charge in [-0.3, -0.25) is 0 Å². The predicted molar refractivity (Wildman–Crippen MR) is 109 cm³/mol. The fourth-order valence-corrected chi connectivity index (χ4v) is 7.62. The van der Waals surface area contributed by atoms with E-state index in [-0.39, 0.29) is 11.0 Å². The quantitative estimate of drug-likeness (QED) is 0.879. The lowest BCUT2D eigenvalue weighted by molar-refractivity contribution is -0.0987. The molecule has 146 valence electrons.